The number of nitrogens with zero attached hydrogens (tertiary/aromatic N) is 3. The van der Waals surface area contributed by atoms with E-state index in [0.717, 1.165) is 38.5 Å². The molecule has 49 heavy (non-hydrogen) atoms. The molecule has 4 heterocycles. The molecule has 0 saturated carbocycles. The molecule has 0 spiro atoms. The molecular formula is C44H25N3S2. The summed E-state index contributed by atoms with van der Waals surface area (Å²) in [5, 5.41) is 8.97. The van der Waals surface area contributed by atoms with E-state index in [1.807, 2.05) is 17.4 Å². The summed E-state index contributed by atoms with van der Waals surface area (Å²) in [6.45, 7) is 0. The number of hydrogen-bond donors (Lipinski definition) is 0. The summed E-state index contributed by atoms with van der Waals surface area (Å²) >= 11 is 3.67. The van der Waals surface area contributed by atoms with Crippen LogP contribution in [0.25, 0.3) is 101 Å². The van der Waals surface area contributed by atoms with Gasteiger partial charge in [-0.05, 0) is 41.1 Å². The summed E-state index contributed by atoms with van der Waals surface area (Å²) < 4.78 is 7.44. The molecule has 0 aliphatic heterocycles. The Labute approximate surface area is 289 Å². The van der Waals surface area contributed by atoms with Crippen molar-refractivity contribution in [2.45, 2.75) is 0 Å². The number of aromatic nitrogens is 3. The number of thiophene rings is 2. The molecule has 4 aromatic heterocycles. The smallest absolute Gasteiger partial charge is 0.160 e. The van der Waals surface area contributed by atoms with E-state index < -0.39 is 0 Å². The molecule has 0 radical (unpaired) electrons. The highest BCUT2D eigenvalue weighted by molar-refractivity contribution is 7.27. The molecule has 11 rings (SSSR count). The highest BCUT2D eigenvalue weighted by atomic mass is 32.1. The molecule has 5 heteroatoms. The predicted molar refractivity (Wildman–Crippen MR) is 211 cm³/mol. The molecule has 0 amide bonds. The summed E-state index contributed by atoms with van der Waals surface area (Å²) in [4.78, 5) is 10.4. The summed E-state index contributed by atoms with van der Waals surface area (Å²) in [7, 11) is 0. The Bertz CT molecular complexity index is 3110. The van der Waals surface area contributed by atoms with Gasteiger partial charge in [0.15, 0.2) is 5.82 Å². The van der Waals surface area contributed by atoms with Gasteiger partial charge in [0, 0.05) is 53.1 Å². The highest BCUT2D eigenvalue weighted by Crippen LogP contribution is 2.48. The molecule has 3 nitrogen and oxygen atoms in total. The van der Waals surface area contributed by atoms with Crippen molar-refractivity contribution in [3.05, 3.63) is 152 Å². The largest absolute Gasteiger partial charge is 0.308 e. The number of para-hydroxylation sites is 1. The van der Waals surface area contributed by atoms with Gasteiger partial charge >= 0.3 is 0 Å². The lowest BCUT2D eigenvalue weighted by atomic mass is 9.99. The average molecular weight is 660 g/mol. The van der Waals surface area contributed by atoms with Crippen molar-refractivity contribution in [2.75, 3.05) is 0 Å². The zero-order valence-corrected chi connectivity index (χ0v) is 27.7. The van der Waals surface area contributed by atoms with Crippen LogP contribution in [0.1, 0.15) is 0 Å². The first kappa shape index (κ1) is 27.1. The van der Waals surface area contributed by atoms with Crippen molar-refractivity contribution in [1.82, 2.24) is 14.5 Å². The fourth-order valence-corrected chi connectivity index (χ4v) is 10.1. The lowest BCUT2D eigenvalue weighted by Crippen LogP contribution is -1.97. The monoisotopic (exact) mass is 659 g/mol. The Hall–Kier alpha value is -5.88. The minimum Gasteiger partial charge on any atom is -0.308 e. The molecule has 0 atom stereocenters. The second-order valence-corrected chi connectivity index (χ2v) is 14.6. The van der Waals surface area contributed by atoms with Gasteiger partial charge in [0.1, 0.15) is 0 Å². The molecule has 0 fully saturated rings. The molecule has 0 aliphatic carbocycles. The Morgan fingerprint density at radius 3 is 1.88 bits per heavy atom. The van der Waals surface area contributed by atoms with E-state index in [1.165, 1.54) is 62.8 Å². The van der Waals surface area contributed by atoms with Crippen LogP contribution in [0, 0.1) is 0 Å². The predicted octanol–water partition coefficient (Wildman–Crippen LogP) is 12.8. The summed E-state index contributed by atoms with van der Waals surface area (Å²) in [5.74, 6) is 0.743. The third-order valence-corrected chi connectivity index (χ3v) is 12.1. The van der Waals surface area contributed by atoms with Gasteiger partial charge in [-0.3, -0.25) is 0 Å². The van der Waals surface area contributed by atoms with Crippen LogP contribution in [0.4, 0.5) is 0 Å². The van der Waals surface area contributed by atoms with E-state index in [1.54, 1.807) is 11.3 Å². The van der Waals surface area contributed by atoms with E-state index in [0.29, 0.717) is 0 Å². The van der Waals surface area contributed by atoms with Crippen LogP contribution in [0.2, 0.25) is 0 Å². The Morgan fingerprint density at radius 2 is 1.06 bits per heavy atom. The number of benzene rings is 7. The molecule has 0 N–H and O–H groups in total. The zero-order valence-electron chi connectivity index (χ0n) is 26.1. The second kappa shape index (κ2) is 10.3. The Balaban J connectivity index is 1.26. The normalized spacial score (nSPS) is 12.1. The number of rotatable bonds is 3. The van der Waals surface area contributed by atoms with Crippen LogP contribution in [-0.2, 0) is 0 Å². The molecule has 0 saturated heterocycles. The first-order valence-electron chi connectivity index (χ1n) is 16.4. The van der Waals surface area contributed by atoms with Gasteiger partial charge in [0.05, 0.1) is 31.6 Å². The summed E-state index contributed by atoms with van der Waals surface area (Å²) in [6.07, 6.45) is 0. The maximum atomic E-state index is 5.30. The van der Waals surface area contributed by atoms with Crippen molar-refractivity contribution in [3.8, 4) is 28.3 Å². The van der Waals surface area contributed by atoms with E-state index in [-0.39, 0.29) is 0 Å². The first-order chi connectivity index (χ1) is 24.3. The zero-order chi connectivity index (χ0) is 32.1. The quantitative estimate of drug-likeness (QED) is 0.189. The standard InChI is InChI=1S/C44H25N3S2/c1-2-13-26(14-3-1)44-45-39(43-40(46-44)33-21-8-11-24-36(33)49-43)27-15-12-16-28(25-27)47-34-22-9-6-19-31(34)37-29-17-4-5-18-30(29)38-32-20-7-10-23-35(32)48-42(38)41(37)47/h1-25H. The highest BCUT2D eigenvalue weighted by Gasteiger charge is 2.22. The van der Waals surface area contributed by atoms with Crippen LogP contribution in [0.3, 0.4) is 0 Å². The van der Waals surface area contributed by atoms with Gasteiger partial charge in [-0.1, -0.05) is 121 Å². The molecule has 0 aliphatic rings. The van der Waals surface area contributed by atoms with Crippen LogP contribution >= 0.6 is 22.7 Å². The molecule has 11 aromatic rings. The third kappa shape index (κ3) is 3.88. The molecule has 0 bridgehead atoms. The van der Waals surface area contributed by atoms with Crippen molar-refractivity contribution in [2.24, 2.45) is 0 Å². The van der Waals surface area contributed by atoms with Gasteiger partial charge in [-0.2, -0.15) is 0 Å². The summed E-state index contributed by atoms with van der Waals surface area (Å²) in [5.41, 5.74) is 7.63. The van der Waals surface area contributed by atoms with Crippen molar-refractivity contribution < 1.29 is 0 Å². The summed E-state index contributed by atoms with van der Waals surface area (Å²) in [6, 6.07) is 54.4. The number of hydrogen-bond acceptors (Lipinski definition) is 4. The van der Waals surface area contributed by atoms with E-state index >= 15 is 0 Å². The van der Waals surface area contributed by atoms with E-state index in [9.17, 15) is 0 Å². The van der Waals surface area contributed by atoms with Crippen molar-refractivity contribution in [3.63, 3.8) is 0 Å². The molecule has 228 valence electrons. The molecule has 7 aromatic carbocycles. The van der Waals surface area contributed by atoms with Crippen LogP contribution in [-0.4, -0.2) is 14.5 Å². The first-order valence-corrected chi connectivity index (χ1v) is 18.1. The molecular weight excluding hydrogens is 635 g/mol. The van der Waals surface area contributed by atoms with Crippen molar-refractivity contribution in [1.29, 1.82) is 0 Å². The average Bonchev–Trinajstić information content (AvgIpc) is 3.85. The minimum atomic E-state index is 0.743. The van der Waals surface area contributed by atoms with Crippen LogP contribution in [0.5, 0.6) is 0 Å². The van der Waals surface area contributed by atoms with Crippen LogP contribution < -0.4 is 0 Å². The lowest BCUT2D eigenvalue weighted by Gasteiger charge is -2.12. The minimum absolute atomic E-state index is 0.743. The van der Waals surface area contributed by atoms with Gasteiger partial charge < -0.3 is 4.57 Å². The fourth-order valence-electron chi connectivity index (χ4n) is 7.69. The van der Waals surface area contributed by atoms with Crippen molar-refractivity contribution >= 4 is 95.7 Å². The second-order valence-electron chi connectivity index (χ2n) is 12.5. The third-order valence-electron chi connectivity index (χ3n) is 9.78. The molecule has 0 unspecified atom stereocenters. The van der Waals surface area contributed by atoms with E-state index in [2.05, 4.69) is 150 Å². The van der Waals surface area contributed by atoms with E-state index in [4.69, 9.17) is 9.97 Å². The lowest BCUT2D eigenvalue weighted by molar-refractivity contribution is 1.18. The SMILES string of the molecule is c1ccc(-c2nc(-c3cccc(-n4c5ccccc5c5c6ccccc6c6c7ccccc7sc6c54)c3)c3sc4ccccc4c3n2)cc1. The van der Waals surface area contributed by atoms with Crippen LogP contribution in [0.15, 0.2) is 152 Å². The number of fused-ring (bicyclic) bond motifs is 13. The maximum Gasteiger partial charge on any atom is 0.160 e. The maximum absolute atomic E-state index is 5.30. The topological polar surface area (TPSA) is 30.7 Å². The fraction of sp³-hybridized carbons (Fsp3) is 0. The van der Waals surface area contributed by atoms with Gasteiger partial charge in [0.25, 0.3) is 0 Å². The van der Waals surface area contributed by atoms with Gasteiger partial charge in [-0.25, -0.2) is 9.97 Å². The van der Waals surface area contributed by atoms with Gasteiger partial charge in [0.2, 0.25) is 0 Å². The Morgan fingerprint density at radius 1 is 0.449 bits per heavy atom. The Kier molecular flexibility index (Phi) is 5.70. The van der Waals surface area contributed by atoms with Gasteiger partial charge in [-0.15, -0.1) is 22.7 Å².